The number of carboxylic acid groups (broad SMARTS) is 1. The van der Waals surface area contributed by atoms with Crippen LogP contribution in [0.2, 0.25) is 0 Å². The highest BCUT2D eigenvalue weighted by Crippen LogP contribution is 2.46. The fourth-order valence-electron chi connectivity index (χ4n) is 4.77. The van der Waals surface area contributed by atoms with Crippen molar-refractivity contribution in [2.24, 2.45) is 5.92 Å². The Morgan fingerprint density at radius 2 is 1.94 bits per heavy atom. The van der Waals surface area contributed by atoms with Crippen LogP contribution in [0.1, 0.15) is 48.3 Å². The molecular weight excluding hydrogens is 409 g/mol. The lowest BCUT2D eigenvalue weighted by Gasteiger charge is -2.35. The zero-order chi connectivity index (χ0) is 23.2. The van der Waals surface area contributed by atoms with Crippen LogP contribution in [-0.4, -0.2) is 22.8 Å². The Bertz CT molecular complexity index is 1280. The molecule has 2 aromatic carbocycles. The molecule has 0 fully saturated rings. The van der Waals surface area contributed by atoms with Crippen LogP contribution in [0.5, 0.6) is 5.75 Å². The summed E-state index contributed by atoms with van der Waals surface area (Å²) in [6.07, 6.45) is 2.79. The van der Waals surface area contributed by atoms with Gasteiger partial charge in [-0.2, -0.15) is 0 Å². The van der Waals surface area contributed by atoms with Gasteiger partial charge >= 0.3 is 5.97 Å². The molecule has 1 aliphatic heterocycles. The topological polar surface area (TPSA) is 68.5 Å². The Kier molecular flexibility index (Phi) is 5.63. The van der Waals surface area contributed by atoms with Gasteiger partial charge in [0.25, 0.3) is 0 Å². The minimum absolute atomic E-state index is 0.0227. The number of nitrogens with zero attached hydrogens (tertiary/aromatic N) is 1. The summed E-state index contributed by atoms with van der Waals surface area (Å²) in [4.78, 5) is 24.2. The summed E-state index contributed by atoms with van der Waals surface area (Å²) in [6.45, 7) is 6.19. The monoisotopic (exact) mass is 435 g/mol. The van der Waals surface area contributed by atoms with Gasteiger partial charge in [-0.05, 0) is 42.0 Å². The van der Waals surface area contributed by atoms with E-state index in [2.05, 4.69) is 13.8 Å². The summed E-state index contributed by atoms with van der Waals surface area (Å²) in [7, 11) is 1.59. The van der Waals surface area contributed by atoms with E-state index >= 15 is 0 Å². The van der Waals surface area contributed by atoms with Crippen LogP contribution >= 0.6 is 0 Å². The minimum Gasteiger partial charge on any atom is -0.496 e. The van der Waals surface area contributed by atoms with Crippen molar-refractivity contribution in [1.29, 1.82) is 0 Å². The van der Waals surface area contributed by atoms with Gasteiger partial charge in [-0.1, -0.05) is 39.0 Å². The lowest BCUT2D eigenvalue weighted by molar-refractivity contribution is 0.0694. The van der Waals surface area contributed by atoms with Crippen LogP contribution in [0.25, 0.3) is 22.4 Å². The number of rotatable bonds is 5. The lowest BCUT2D eigenvalue weighted by atomic mass is 9.81. The number of ether oxygens (including phenoxy) is 1. The second kappa shape index (κ2) is 8.26. The first-order valence-electron chi connectivity index (χ1n) is 10.8. The van der Waals surface area contributed by atoms with E-state index in [0.717, 1.165) is 16.7 Å². The fourth-order valence-corrected chi connectivity index (χ4v) is 4.77. The first-order chi connectivity index (χ1) is 15.3. The van der Waals surface area contributed by atoms with Crippen molar-refractivity contribution in [3.63, 3.8) is 0 Å². The standard InChI is InChI=1S/C26H26FNO4/c1-5-15-17-11-22(14(2)3)28-13-20(26(30)31)24(29)12-23(28)18(17)10-19(25(15)32-4)16-8-6-7-9-21(16)27/h6-10,12-14,22H,5,11H2,1-4H3,(H,30,31)/t22-/m0/s1. The number of carboxylic acids is 1. The number of pyridine rings is 1. The normalized spacial score (nSPS) is 14.8. The van der Waals surface area contributed by atoms with E-state index in [4.69, 9.17) is 4.74 Å². The summed E-state index contributed by atoms with van der Waals surface area (Å²) in [5.41, 5.74) is 3.75. The zero-order valence-electron chi connectivity index (χ0n) is 18.6. The Labute approximate surface area is 186 Å². The smallest absolute Gasteiger partial charge is 0.341 e. The van der Waals surface area contributed by atoms with E-state index in [9.17, 15) is 19.1 Å². The van der Waals surface area contributed by atoms with Gasteiger partial charge in [0.1, 0.15) is 17.1 Å². The van der Waals surface area contributed by atoms with E-state index in [-0.39, 0.29) is 23.3 Å². The molecule has 6 heteroatoms. The van der Waals surface area contributed by atoms with Gasteiger partial charge in [-0.25, -0.2) is 9.18 Å². The molecule has 4 rings (SSSR count). The molecule has 2 heterocycles. The highest BCUT2D eigenvalue weighted by atomic mass is 19.1. The van der Waals surface area contributed by atoms with E-state index in [0.29, 0.717) is 35.4 Å². The average molecular weight is 435 g/mol. The third-order valence-electron chi connectivity index (χ3n) is 6.34. The Morgan fingerprint density at radius 3 is 2.53 bits per heavy atom. The largest absolute Gasteiger partial charge is 0.496 e. The first kappa shape index (κ1) is 21.8. The van der Waals surface area contributed by atoms with Crippen molar-refractivity contribution in [3.8, 4) is 28.1 Å². The number of hydrogen-bond acceptors (Lipinski definition) is 3. The molecule has 0 aliphatic carbocycles. The summed E-state index contributed by atoms with van der Waals surface area (Å²) >= 11 is 0. The van der Waals surface area contributed by atoms with Crippen LogP contribution in [-0.2, 0) is 12.8 Å². The summed E-state index contributed by atoms with van der Waals surface area (Å²) in [5.74, 6) is -0.762. The molecule has 0 radical (unpaired) electrons. The third kappa shape index (κ3) is 3.40. The number of hydrogen-bond donors (Lipinski definition) is 1. The second-order valence-corrected chi connectivity index (χ2v) is 8.46. The number of aromatic nitrogens is 1. The molecule has 0 unspecified atom stereocenters. The molecule has 5 nitrogen and oxygen atoms in total. The first-order valence-corrected chi connectivity index (χ1v) is 10.8. The molecule has 1 aliphatic rings. The van der Waals surface area contributed by atoms with E-state index in [1.165, 1.54) is 18.3 Å². The van der Waals surface area contributed by atoms with Crippen molar-refractivity contribution < 1.29 is 19.0 Å². The highest BCUT2D eigenvalue weighted by Gasteiger charge is 2.31. The number of halogens is 1. The van der Waals surface area contributed by atoms with Crippen LogP contribution in [0, 0.1) is 11.7 Å². The highest BCUT2D eigenvalue weighted by molar-refractivity contribution is 5.88. The van der Waals surface area contributed by atoms with Gasteiger partial charge < -0.3 is 14.4 Å². The maximum Gasteiger partial charge on any atom is 0.341 e. The molecule has 0 bridgehead atoms. The van der Waals surface area contributed by atoms with Gasteiger partial charge in [0.15, 0.2) is 5.43 Å². The Balaban J connectivity index is 2.10. The van der Waals surface area contributed by atoms with Crippen molar-refractivity contribution in [2.75, 3.05) is 7.11 Å². The number of benzene rings is 2. The maximum atomic E-state index is 14.8. The quantitative estimate of drug-likeness (QED) is 0.587. The molecule has 0 spiro atoms. The number of aromatic carboxylic acids is 1. The molecule has 0 amide bonds. The summed E-state index contributed by atoms with van der Waals surface area (Å²) in [6, 6.07) is 9.77. The maximum absolute atomic E-state index is 14.8. The van der Waals surface area contributed by atoms with Crippen molar-refractivity contribution in [1.82, 2.24) is 4.57 Å². The van der Waals surface area contributed by atoms with Gasteiger partial charge in [-0.3, -0.25) is 4.79 Å². The summed E-state index contributed by atoms with van der Waals surface area (Å²) < 4.78 is 22.4. The zero-order valence-corrected chi connectivity index (χ0v) is 18.6. The molecule has 1 N–H and O–H groups in total. The molecule has 3 aromatic rings. The van der Waals surface area contributed by atoms with E-state index in [1.54, 1.807) is 25.3 Å². The van der Waals surface area contributed by atoms with Crippen molar-refractivity contribution in [3.05, 3.63) is 75.3 Å². The number of fused-ring (bicyclic) bond motifs is 3. The molecule has 0 saturated heterocycles. The second-order valence-electron chi connectivity index (χ2n) is 8.46. The molecule has 32 heavy (non-hydrogen) atoms. The number of methoxy groups -OCH3 is 1. The van der Waals surface area contributed by atoms with E-state index in [1.807, 2.05) is 17.6 Å². The van der Waals surface area contributed by atoms with Crippen LogP contribution in [0.4, 0.5) is 4.39 Å². The number of carbonyl (C=O) groups is 1. The van der Waals surface area contributed by atoms with Gasteiger partial charge in [0.05, 0.1) is 12.8 Å². The lowest BCUT2D eigenvalue weighted by Crippen LogP contribution is -2.29. The van der Waals surface area contributed by atoms with Crippen LogP contribution in [0.3, 0.4) is 0 Å². The third-order valence-corrected chi connectivity index (χ3v) is 6.34. The Hall–Kier alpha value is -3.41. The van der Waals surface area contributed by atoms with Crippen LogP contribution in [0.15, 0.2) is 47.4 Å². The summed E-state index contributed by atoms with van der Waals surface area (Å²) in [5, 5.41) is 9.49. The Morgan fingerprint density at radius 1 is 1.22 bits per heavy atom. The average Bonchev–Trinajstić information content (AvgIpc) is 2.76. The van der Waals surface area contributed by atoms with Crippen molar-refractivity contribution in [2.45, 2.75) is 39.7 Å². The van der Waals surface area contributed by atoms with Gasteiger partial charge in [-0.15, -0.1) is 0 Å². The predicted molar refractivity (Wildman–Crippen MR) is 122 cm³/mol. The molecule has 1 atom stereocenters. The SMILES string of the molecule is CCc1c2c(cc(-c3ccccc3F)c1OC)-c1cc(=O)c(C(=O)O)cn1[C@H](C(C)C)C2. The fraction of sp³-hybridized carbons (Fsp3) is 0.308. The minimum atomic E-state index is -1.24. The van der Waals surface area contributed by atoms with Gasteiger partial charge in [0.2, 0.25) is 0 Å². The molecular formula is C26H26FNO4. The van der Waals surface area contributed by atoms with E-state index < -0.39 is 11.4 Å². The predicted octanol–water partition coefficient (Wildman–Crippen LogP) is 5.34. The molecule has 166 valence electrons. The van der Waals surface area contributed by atoms with Crippen molar-refractivity contribution >= 4 is 5.97 Å². The van der Waals surface area contributed by atoms with Gasteiger partial charge in [0, 0.05) is 35.0 Å². The molecule has 1 aromatic heterocycles. The molecule has 0 saturated carbocycles. The van der Waals surface area contributed by atoms with Crippen LogP contribution < -0.4 is 10.2 Å².